The molecule has 1 rings (SSSR count). The maximum absolute atomic E-state index is 11.5. The van der Waals surface area contributed by atoms with Gasteiger partial charge < -0.3 is 10.1 Å². The van der Waals surface area contributed by atoms with E-state index in [-0.39, 0.29) is 17.5 Å². The maximum atomic E-state index is 11.5. The van der Waals surface area contributed by atoms with Gasteiger partial charge >= 0.3 is 5.97 Å². The zero-order chi connectivity index (χ0) is 16.5. The molecule has 1 amide bonds. The fraction of sp³-hybridized carbons (Fsp3) is 0.200. The van der Waals surface area contributed by atoms with Gasteiger partial charge in [-0.05, 0) is 38.2 Å². The van der Waals surface area contributed by atoms with Gasteiger partial charge in [0.2, 0.25) is 5.91 Å². The molecule has 22 heavy (non-hydrogen) atoms. The Morgan fingerprint density at radius 3 is 2.64 bits per heavy atom. The summed E-state index contributed by atoms with van der Waals surface area (Å²) in [5, 5.41) is 5.21. The largest absolute Gasteiger partial charge is 0.463 e. The van der Waals surface area contributed by atoms with Gasteiger partial charge in [0.05, 0.1) is 6.61 Å². The molecule has 0 bridgehead atoms. The topological polar surface area (TPSA) is 84.5 Å². The van der Waals surface area contributed by atoms with E-state index in [9.17, 15) is 14.4 Å². The number of benzene rings is 1. The van der Waals surface area contributed by atoms with Crippen molar-refractivity contribution in [1.82, 2.24) is 5.32 Å². The molecule has 0 spiro atoms. The molecule has 0 radical (unpaired) electrons. The Balaban J connectivity index is 2.56. The molecule has 0 atom stereocenters. The fourth-order valence-electron chi connectivity index (χ4n) is 1.47. The molecule has 0 aliphatic carbocycles. The van der Waals surface area contributed by atoms with E-state index >= 15 is 0 Å². The van der Waals surface area contributed by atoms with Crippen LogP contribution in [0.2, 0.25) is 0 Å². The number of carbonyl (C=O) groups is 3. The van der Waals surface area contributed by atoms with E-state index in [0.29, 0.717) is 11.3 Å². The summed E-state index contributed by atoms with van der Waals surface area (Å²) < 4.78 is 4.64. The minimum atomic E-state index is -0.606. The molecule has 6 nitrogen and oxygen atoms in total. The number of rotatable bonds is 5. The number of hydrogen-bond donors (Lipinski definition) is 2. The lowest BCUT2D eigenvalue weighted by molar-refractivity contribution is -0.137. The molecule has 0 heterocycles. The summed E-state index contributed by atoms with van der Waals surface area (Å²) in [6, 6.07) is 6.70. The van der Waals surface area contributed by atoms with Crippen LogP contribution >= 0.6 is 12.2 Å². The normalized spacial score (nSPS) is 10.1. The lowest BCUT2D eigenvalue weighted by Gasteiger charge is -2.08. The van der Waals surface area contributed by atoms with Gasteiger partial charge in [-0.2, -0.15) is 0 Å². The highest BCUT2D eigenvalue weighted by Crippen LogP contribution is 2.10. The molecule has 0 saturated heterocycles. The zero-order valence-electron chi connectivity index (χ0n) is 12.2. The lowest BCUT2D eigenvalue weighted by Crippen LogP contribution is -2.33. The minimum absolute atomic E-state index is 0.0548. The van der Waals surface area contributed by atoms with Crippen molar-refractivity contribution in [2.45, 2.75) is 13.8 Å². The maximum Gasteiger partial charge on any atom is 0.330 e. The highest BCUT2D eigenvalue weighted by molar-refractivity contribution is 7.80. The van der Waals surface area contributed by atoms with Crippen molar-refractivity contribution in [1.29, 1.82) is 0 Å². The van der Waals surface area contributed by atoms with Crippen LogP contribution in [-0.2, 0) is 14.3 Å². The molecule has 0 aliphatic heterocycles. The Bertz CT molecular complexity index is 626. The van der Waals surface area contributed by atoms with E-state index in [1.165, 1.54) is 6.92 Å². The highest BCUT2D eigenvalue weighted by Gasteiger charge is 2.05. The Labute approximate surface area is 133 Å². The molecule has 1 aromatic rings. The first-order valence-electron chi connectivity index (χ1n) is 6.50. The van der Waals surface area contributed by atoms with Gasteiger partial charge in [-0.25, -0.2) is 4.79 Å². The van der Waals surface area contributed by atoms with E-state index in [0.717, 1.165) is 12.2 Å². The van der Waals surface area contributed by atoms with E-state index in [1.54, 1.807) is 31.2 Å². The number of ether oxygens (including phenoxy) is 1. The molecule has 0 fully saturated rings. The van der Waals surface area contributed by atoms with Gasteiger partial charge in [0.15, 0.2) is 10.9 Å². The van der Waals surface area contributed by atoms with Gasteiger partial charge in [-0.15, -0.1) is 0 Å². The second-order valence-electron chi connectivity index (χ2n) is 4.17. The molecule has 116 valence electrons. The van der Waals surface area contributed by atoms with Crippen LogP contribution in [0.4, 0.5) is 5.69 Å². The van der Waals surface area contributed by atoms with Gasteiger partial charge in [0, 0.05) is 23.4 Å². The second-order valence-corrected chi connectivity index (χ2v) is 4.57. The minimum Gasteiger partial charge on any atom is -0.463 e. The van der Waals surface area contributed by atoms with Crippen LogP contribution in [-0.4, -0.2) is 29.4 Å². The molecule has 0 saturated carbocycles. The molecular formula is C15H16N2O4S. The van der Waals surface area contributed by atoms with Gasteiger partial charge in [0.25, 0.3) is 0 Å². The third-order valence-electron chi connectivity index (χ3n) is 2.42. The first-order valence-corrected chi connectivity index (χ1v) is 6.91. The Morgan fingerprint density at radius 2 is 2.00 bits per heavy atom. The molecule has 0 unspecified atom stereocenters. The average Bonchev–Trinajstić information content (AvgIpc) is 2.45. The number of ketones is 1. The quantitative estimate of drug-likeness (QED) is 0.373. The summed E-state index contributed by atoms with van der Waals surface area (Å²) in [6.07, 6.45) is 2.04. The van der Waals surface area contributed by atoms with Gasteiger partial charge in [0.1, 0.15) is 0 Å². The van der Waals surface area contributed by atoms with E-state index in [4.69, 9.17) is 12.2 Å². The summed E-state index contributed by atoms with van der Waals surface area (Å²) in [6.45, 7) is 3.36. The van der Waals surface area contributed by atoms with Crippen molar-refractivity contribution in [2.24, 2.45) is 0 Å². The number of thiocarbonyl (C=S) groups is 1. The summed E-state index contributed by atoms with van der Waals surface area (Å²) in [4.78, 5) is 33.9. The number of hydrogen-bond acceptors (Lipinski definition) is 5. The monoisotopic (exact) mass is 320 g/mol. The molecule has 0 aliphatic rings. The van der Waals surface area contributed by atoms with Crippen LogP contribution < -0.4 is 10.6 Å². The van der Waals surface area contributed by atoms with Crippen LogP contribution in [0.3, 0.4) is 0 Å². The van der Waals surface area contributed by atoms with Gasteiger partial charge in [-0.3, -0.25) is 14.9 Å². The van der Waals surface area contributed by atoms with E-state index < -0.39 is 11.9 Å². The van der Waals surface area contributed by atoms with Crippen molar-refractivity contribution in [2.75, 3.05) is 11.9 Å². The standard InChI is InChI=1S/C15H16N2O4S/c1-3-21-14(20)8-7-13(19)17-15(22)16-12-6-4-5-11(9-12)10(2)18/h4-9H,3H2,1-2H3,(H2,16,17,19,22). The van der Waals surface area contributed by atoms with E-state index in [1.807, 2.05) is 0 Å². The third-order valence-corrected chi connectivity index (χ3v) is 2.63. The Morgan fingerprint density at radius 1 is 1.27 bits per heavy atom. The SMILES string of the molecule is CCOC(=O)C=CC(=O)NC(=S)Nc1cccc(C(C)=O)c1. The number of anilines is 1. The highest BCUT2D eigenvalue weighted by atomic mass is 32.1. The van der Waals surface area contributed by atoms with Crippen LogP contribution in [0.1, 0.15) is 24.2 Å². The molecule has 1 aromatic carbocycles. The van der Waals surface area contributed by atoms with E-state index in [2.05, 4.69) is 15.4 Å². The van der Waals surface area contributed by atoms with Crippen molar-refractivity contribution in [3.8, 4) is 0 Å². The summed E-state index contributed by atoms with van der Waals surface area (Å²) in [5.41, 5.74) is 1.11. The predicted octanol–water partition coefficient (Wildman–Crippen LogP) is 1.82. The summed E-state index contributed by atoms with van der Waals surface area (Å²) >= 11 is 4.97. The van der Waals surface area contributed by atoms with Crippen molar-refractivity contribution >= 4 is 40.7 Å². The molecule has 7 heteroatoms. The first kappa shape index (κ1) is 17.5. The lowest BCUT2D eigenvalue weighted by atomic mass is 10.1. The van der Waals surface area contributed by atoms with Crippen molar-refractivity contribution < 1.29 is 19.1 Å². The number of nitrogens with one attached hydrogen (secondary N) is 2. The fourth-order valence-corrected chi connectivity index (χ4v) is 1.68. The average molecular weight is 320 g/mol. The molecule has 0 aromatic heterocycles. The van der Waals surface area contributed by atoms with Crippen molar-refractivity contribution in [3.05, 3.63) is 42.0 Å². The van der Waals surface area contributed by atoms with Crippen LogP contribution in [0.15, 0.2) is 36.4 Å². The molecular weight excluding hydrogens is 304 g/mol. The summed E-state index contributed by atoms with van der Waals surface area (Å²) in [7, 11) is 0. The van der Waals surface area contributed by atoms with Crippen molar-refractivity contribution in [3.63, 3.8) is 0 Å². The van der Waals surface area contributed by atoms with Crippen LogP contribution in [0, 0.1) is 0 Å². The predicted molar refractivity (Wildman–Crippen MR) is 86.6 cm³/mol. The van der Waals surface area contributed by atoms with Crippen LogP contribution in [0.5, 0.6) is 0 Å². The second kappa shape index (κ2) is 8.68. The number of carbonyl (C=O) groups excluding carboxylic acids is 3. The summed E-state index contributed by atoms with van der Waals surface area (Å²) in [5.74, 6) is -1.24. The number of amides is 1. The Hall–Kier alpha value is -2.54. The zero-order valence-corrected chi connectivity index (χ0v) is 13.0. The number of Topliss-reactive ketones (excluding diaryl/α,β-unsaturated/α-hetero) is 1. The Kier molecular flexibility index (Phi) is 6.91. The molecule has 2 N–H and O–H groups in total. The third kappa shape index (κ3) is 6.27. The van der Waals surface area contributed by atoms with Gasteiger partial charge in [-0.1, -0.05) is 12.1 Å². The smallest absolute Gasteiger partial charge is 0.330 e. The first-order chi connectivity index (χ1) is 10.4. The van der Waals surface area contributed by atoms with Crippen LogP contribution in [0.25, 0.3) is 0 Å². The number of esters is 1.